The molecule has 1 N–H and O–H groups in total. The van der Waals surface area contributed by atoms with Gasteiger partial charge in [0.25, 0.3) is 0 Å². The predicted octanol–water partition coefficient (Wildman–Crippen LogP) is 2.68. The van der Waals surface area contributed by atoms with E-state index in [9.17, 15) is 4.79 Å². The van der Waals surface area contributed by atoms with E-state index in [2.05, 4.69) is 10.1 Å². The second kappa shape index (κ2) is 7.45. The topological polar surface area (TPSA) is 60.7 Å². The smallest absolute Gasteiger partial charge is 0.373 e. The maximum atomic E-state index is 11.4. The molecule has 1 aliphatic rings. The minimum Gasteiger partial charge on any atom is -0.463 e. The summed E-state index contributed by atoms with van der Waals surface area (Å²) >= 11 is 0. The van der Waals surface area contributed by atoms with Gasteiger partial charge in [0, 0.05) is 6.61 Å². The zero-order valence-electron chi connectivity index (χ0n) is 12.2. The predicted molar refractivity (Wildman–Crippen MR) is 74.7 cm³/mol. The monoisotopic (exact) mass is 281 g/mol. The normalized spacial score (nSPS) is 20.6. The minimum atomic E-state index is -0.443. The number of methoxy groups -OCH3 is 1. The van der Waals surface area contributed by atoms with Gasteiger partial charge >= 0.3 is 5.97 Å². The van der Waals surface area contributed by atoms with Crippen molar-refractivity contribution in [3.8, 4) is 0 Å². The summed E-state index contributed by atoms with van der Waals surface area (Å²) in [6, 6.07) is 3.58. The summed E-state index contributed by atoms with van der Waals surface area (Å²) in [6.45, 7) is 0.877. The second-order valence-corrected chi connectivity index (χ2v) is 5.10. The number of ether oxygens (including phenoxy) is 2. The number of rotatable bonds is 6. The first-order chi connectivity index (χ1) is 9.74. The van der Waals surface area contributed by atoms with Crippen molar-refractivity contribution in [2.45, 2.75) is 44.2 Å². The highest BCUT2D eigenvalue weighted by atomic mass is 16.5. The van der Waals surface area contributed by atoms with Gasteiger partial charge in [-0.05, 0) is 51.3 Å². The number of hydrogen-bond acceptors (Lipinski definition) is 5. The molecule has 1 saturated heterocycles. The van der Waals surface area contributed by atoms with E-state index < -0.39 is 5.97 Å². The maximum absolute atomic E-state index is 11.4. The fraction of sp³-hybridized carbons (Fsp3) is 0.667. The van der Waals surface area contributed by atoms with Crippen LogP contribution in [0.1, 0.15) is 54.5 Å². The largest absolute Gasteiger partial charge is 0.463 e. The summed E-state index contributed by atoms with van der Waals surface area (Å²) in [6.07, 6.45) is 5.85. The van der Waals surface area contributed by atoms with Gasteiger partial charge in [0.1, 0.15) is 5.76 Å². The lowest BCUT2D eigenvalue weighted by Crippen LogP contribution is -2.22. The average Bonchev–Trinajstić information content (AvgIpc) is 2.98. The molecule has 0 spiro atoms. The third-order valence-electron chi connectivity index (χ3n) is 3.76. The van der Waals surface area contributed by atoms with Crippen LogP contribution in [0.2, 0.25) is 0 Å². The third kappa shape index (κ3) is 3.84. The molecule has 20 heavy (non-hydrogen) atoms. The molecule has 1 aliphatic heterocycles. The summed E-state index contributed by atoms with van der Waals surface area (Å²) < 4.78 is 15.9. The molecule has 2 rings (SSSR count). The van der Waals surface area contributed by atoms with E-state index in [-0.39, 0.29) is 11.8 Å². The van der Waals surface area contributed by atoms with Crippen molar-refractivity contribution in [2.24, 2.45) is 0 Å². The van der Waals surface area contributed by atoms with E-state index in [0.717, 1.165) is 31.6 Å². The van der Waals surface area contributed by atoms with Gasteiger partial charge in [-0.25, -0.2) is 4.79 Å². The summed E-state index contributed by atoms with van der Waals surface area (Å²) in [7, 11) is 3.24. The number of esters is 1. The van der Waals surface area contributed by atoms with E-state index in [1.165, 1.54) is 20.0 Å². The first-order valence-corrected chi connectivity index (χ1v) is 7.21. The van der Waals surface area contributed by atoms with Crippen LogP contribution in [0.5, 0.6) is 0 Å². The summed E-state index contributed by atoms with van der Waals surface area (Å²) in [4.78, 5) is 11.4. The van der Waals surface area contributed by atoms with Gasteiger partial charge in [-0.2, -0.15) is 0 Å². The minimum absolute atomic E-state index is 0.0962. The Labute approximate surface area is 119 Å². The Bertz CT molecular complexity index is 423. The standard InChI is InChI=1S/C15H23NO4/c1-16-12(7-6-11-5-3-4-10-19-11)13-8-9-14(20-13)15(17)18-2/h8-9,11-12,16H,3-7,10H2,1-2H3. The number of hydrogen-bond donors (Lipinski definition) is 1. The Kier molecular flexibility index (Phi) is 5.61. The Balaban J connectivity index is 1.90. The zero-order valence-corrected chi connectivity index (χ0v) is 12.2. The summed E-state index contributed by atoms with van der Waals surface area (Å²) in [5.74, 6) is 0.571. The van der Waals surface area contributed by atoms with Gasteiger partial charge in [0.2, 0.25) is 5.76 Å². The molecule has 112 valence electrons. The summed E-state index contributed by atoms with van der Waals surface area (Å²) in [5, 5.41) is 3.23. The fourth-order valence-corrected chi connectivity index (χ4v) is 2.57. The van der Waals surface area contributed by atoms with Crippen molar-refractivity contribution in [1.82, 2.24) is 5.32 Å². The molecular formula is C15H23NO4. The van der Waals surface area contributed by atoms with E-state index in [1.54, 1.807) is 6.07 Å². The maximum Gasteiger partial charge on any atom is 0.373 e. The van der Waals surface area contributed by atoms with Crippen LogP contribution in [0.4, 0.5) is 0 Å². The molecule has 0 amide bonds. The van der Waals surface area contributed by atoms with Crippen LogP contribution in [-0.4, -0.2) is 32.8 Å². The van der Waals surface area contributed by atoms with Crippen LogP contribution >= 0.6 is 0 Å². The molecule has 1 fully saturated rings. The van der Waals surface area contributed by atoms with Crippen molar-refractivity contribution in [3.05, 3.63) is 23.7 Å². The Morgan fingerprint density at radius 2 is 2.35 bits per heavy atom. The quantitative estimate of drug-likeness (QED) is 0.812. The summed E-state index contributed by atoms with van der Waals surface area (Å²) in [5.41, 5.74) is 0. The number of nitrogens with one attached hydrogen (secondary N) is 1. The van der Waals surface area contributed by atoms with Gasteiger partial charge in [0.05, 0.1) is 19.3 Å². The van der Waals surface area contributed by atoms with E-state index in [1.807, 2.05) is 13.1 Å². The lowest BCUT2D eigenvalue weighted by Gasteiger charge is -2.24. The van der Waals surface area contributed by atoms with E-state index >= 15 is 0 Å². The molecule has 5 nitrogen and oxygen atoms in total. The molecule has 2 atom stereocenters. The molecule has 1 aromatic rings. The van der Waals surface area contributed by atoms with Crippen LogP contribution in [0.25, 0.3) is 0 Å². The van der Waals surface area contributed by atoms with E-state index in [4.69, 9.17) is 9.15 Å². The molecule has 0 radical (unpaired) electrons. The molecule has 0 aromatic carbocycles. The highest BCUT2D eigenvalue weighted by molar-refractivity contribution is 5.86. The molecule has 0 aliphatic carbocycles. The molecule has 5 heteroatoms. The first kappa shape index (κ1) is 15.1. The third-order valence-corrected chi connectivity index (χ3v) is 3.76. The van der Waals surface area contributed by atoms with Gasteiger partial charge in [-0.15, -0.1) is 0 Å². The molecular weight excluding hydrogens is 258 g/mol. The second-order valence-electron chi connectivity index (χ2n) is 5.10. The molecule has 1 aromatic heterocycles. The molecule has 0 saturated carbocycles. The van der Waals surface area contributed by atoms with Gasteiger partial charge in [-0.1, -0.05) is 0 Å². The van der Waals surface area contributed by atoms with Crippen molar-refractivity contribution in [3.63, 3.8) is 0 Å². The van der Waals surface area contributed by atoms with Crippen LogP contribution in [-0.2, 0) is 9.47 Å². The average molecular weight is 281 g/mol. The molecule has 2 heterocycles. The zero-order chi connectivity index (χ0) is 14.4. The molecule has 2 unspecified atom stereocenters. The first-order valence-electron chi connectivity index (χ1n) is 7.21. The van der Waals surface area contributed by atoms with Crippen molar-refractivity contribution < 1.29 is 18.7 Å². The Morgan fingerprint density at radius 1 is 1.50 bits per heavy atom. The SMILES string of the molecule is CNC(CCC1CCCCO1)c1ccc(C(=O)OC)o1. The van der Waals surface area contributed by atoms with Gasteiger partial charge < -0.3 is 19.2 Å². The lowest BCUT2D eigenvalue weighted by atomic mass is 10.0. The van der Waals surface area contributed by atoms with Crippen LogP contribution in [0.3, 0.4) is 0 Å². The number of carbonyl (C=O) groups is 1. The number of carbonyl (C=O) groups excluding carboxylic acids is 1. The van der Waals surface area contributed by atoms with Crippen molar-refractivity contribution >= 4 is 5.97 Å². The number of furan rings is 1. The van der Waals surface area contributed by atoms with Crippen LogP contribution in [0, 0.1) is 0 Å². The highest BCUT2D eigenvalue weighted by Crippen LogP contribution is 2.25. The lowest BCUT2D eigenvalue weighted by molar-refractivity contribution is 0.00828. The van der Waals surface area contributed by atoms with E-state index in [0.29, 0.717) is 6.10 Å². The van der Waals surface area contributed by atoms with Gasteiger partial charge in [-0.3, -0.25) is 0 Å². The van der Waals surface area contributed by atoms with Crippen LogP contribution in [0.15, 0.2) is 16.5 Å². The van der Waals surface area contributed by atoms with Crippen molar-refractivity contribution in [2.75, 3.05) is 20.8 Å². The van der Waals surface area contributed by atoms with Gasteiger partial charge in [0.15, 0.2) is 0 Å². The Hall–Kier alpha value is -1.33. The Morgan fingerprint density at radius 3 is 3.00 bits per heavy atom. The highest BCUT2D eigenvalue weighted by Gasteiger charge is 2.20. The van der Waals surface area contributed by atoms with Crippen molar-refractivity contribution in [1.29, 1.82) is 0 Å². The van der Waals surface area contributed by atoms with Crippen LogP contribution < -0.4 is 5.32 Å². The molecule has 0 bridgehead atoms. The fourth-order valence-electron chi connectivity index (χ4n) is 2.57.